The van der Waals surface area contributed by atoms with Gasteiger partial charge in [0.15, 0.2) is 0 Å². The molecule has 2 amide bonds. The van der Waals surface area contributed by atoms with Gasteiger partial charge in [0.05, 0.1) is 13.2 Å². The highest BCUT2D eigenvalue weighted by Gasteiger charge is 2.24. The predicted octanol–water partition coefficient (Wildman–Crippen LogP) is 1.28. The van der Waals surface area contributed by atoms with Crippen LogP contribution >= 0.6 is 21.6 Å². The summed E-state index contributed by atoms with van der Waals surface area (Å²) in [6, 6.07) is -1.52. The molecule has 0 aliphatic rings. The van der Waals surface area contributed by atoms with Crippen molar-refractivity contribution in [3.8, 4) is 0 Å². The van der Waals surface area contributed by atoms with Gasteiger partial charge < -0.3 is 20.1 Å². The molecule has 0 aliphatic carbocycles. The summed E-state index contributed by atoms with van der Waals surface area (Å²) in [6.07, 6.45) is 1.39. The maximum Gasteiger partial charge on any atom is 0.329 e. The van der Waals surface area contributed by atoms with Gasteiger partial charge in [0, 0.05) is 25.4 Å². The van der Waals surface area contributed by atoms with Gasteiger partial charge in [-0.25, -0.2) is 9.59 Å². The molecule has 0 bridgehead atoms. The first-order chi connectivity index (χ1) is 12.3. The van der Waals surface area contributed by atoms with Crippen LogP contribution in [-0.4, -0.2) is 60.6 Å². The van der Waals surface area contributed by atoms with E-state index in [0.29, 0.717) is 26.1 Å². The van der Waals surface area contributed by atoms with Crippen molar-refractivity contribution in [2.24, 2.45) is 0 Å². The third-order valence-corrected chi connectivity index (χ3v) is 5.20. The first kappa shape index (κ1) is 24.6. The Morgan fingerprint density at radius 2 is 1.12 bits per heavy atom. The Labute approximate surface area is 162 Å². The van der Waals surface area contributed by atoms with E-state index < -0.39 is 24.0 Å². The van der Waals surface area contributed by atoms with Crippen LogP contribution in [-0.2, 0) is 28.7 Å². The van der Waals surface area contributed by atoms with Gasteiger partial charge in [-0.15, -0.1) is 0 Å². The molecule has 8 nitrogen and oxygen atoms in total. The first-order valence-corrected chi connectivity index (χ1v) is 10.9. The van der Waals surface area contributed by atoms with Crippen LogP contribution in [0.1, 0.15) is 40.5 Å². The quantitative estimate of drug-likeness (QED) is 0.266. The van der Waals surface area contributed by atoms with Crippen LogP contribution in [0.15, 0.2) is 0 Å². The van der Waals surface area contributed by atoms with Crippen LogP contribution < -0.4 is 10.6 Å². The molecule has 0 fully saturated rings. The van der Waals surface area contributed by atoms with E-state index in [4.69, 9.17) is 9.47 Å². The number of hydrogen-bond donors (Lipinski definition) is 2. The number of amides is 2. The molecule has 0 saturated heterocycles. The monoisotopic (exact) mass is 408 g/mol. The summed E-state index contributed by atoms with van der Waals surface area (Å²) in [7, 11) is 2.61. The summed E-state index contributed by atoms with van der Waals surface area (Å²) >= 11 is 0. The minimum Gasteiger partial charge on any atom is -0.464 e. The van der Waals surface area contributed by atoms with Crippen molar-refractivity contribution in [1.29, 1.82) is 0 Å². The zero-order valence-electron chi connectivity index (χ0n) is 15.7. The molecular formula is C16H28N2O6S2. The number of nitrogens with one attached hydrogen (secondary N) is 2. The van der Waals surface area contributed by atoms with Gasteiger partial charge in [-0.05, 0) is 12.8 Å². The number of rotatable bonds is 13. The van der Waals surface area contributed by atoms with Crippen LogP contribution in [0.2, 0.25) is 0 Å². The van der Waals surface area contributed by atoms with Crippen molar-refractivity contribution in [3.63, 3.8) is 0 Å². The molecule has 0 spiro atoms. The SMILES string of the molecule is CCCOC(=O)C(CSSCC(NC(C)=O)C(=O)OCCC)NC(C)=O. The Balaban J connectivity index is 4.49. The van der Waals surface area contributed by atoms with E-state index in [0.717, 1.165) is 0 Å². The minimum atomic E-state index is -0.761. The van der Waals surface area contributed by atoms with Gasteiger partial charge in [0.25, 0.3) is 0 Å². The lowest BCUT2D eigenvalue weighted by atomic mass is 10.3. The van der Waals surface area contributed by atoms with Gasteiger partial charge in [0.1, 0.15) is 12.1 Å². The van der Waals surface area contributed by atoms with Gasteiger partial charge in [-0.2, -0.15) is 0 Å². The average Bonchev–Trinajstić information content (AvgIpc) is 2.58. The van der Waals surface area contributed by atoms with E-state index in [1.54, 1.807) is 0 Å². The van der Waals surface area contributed by atoms with Crippen LogP contribution in [0.3, 0.4) is 0 Å². The zero-order valence-corrected chi connectivity index (χ0v) is 17.3. The predicted molar refractivity (Wildman–Crippen MR) is 103 cm³/mol. The average molecular weight is 409 g/mol. The topological polar surface area (TPSA) is 111 Å². The molecule has 2 atom stereocenters. The summed E-state index contributed by atoms with van der Waals surface area (Å²) in [5, 5.41) is 5.10. The van der Waals surface area contributed by atoms with E-state index in [9.17, 15) is 19.2 Å². The largest absolute Gasteiger partial charge is 0.464 e. The highest BCUT2D eigenvalue weighted by molar-refractivity contribution is 8.76. The Hall–Kier alpha value is -1.42. The zero-order chi connectivity index (χ0) is 19.9. The highest BCUT2D eigenvalue weighted by Crippen LogP contribution is 2.23. The van der Waals surface area contributed by atoms with E-state index >= 15 is 0 Å². The molecule has 10 heteroatoms. The number of hydrogen-bond acceptors (Lipinski definition) is 8. The van der Waals surface area contributed by atoms with Crippen molar-refractivity contribution in [2.45, 2.75) is 52.6 Å². The van der Waals surface area contributed by atoms with E-state index in [2.05, 4.69) is 10.6 Å². The second-order valence-corrected chi connectivity index (χ2v) is 7.96. The normalized spacial score (nSPS) is 12.6. The molecule has 2 unspecified atom stereocenters. The second-order valence-electron chi connectivity index (χ2n) is 5.41. The van der Waals surface area contributed by atoms with Crippen molar-refractivity contribution in [3.05, 3.63) is 0 Å². The highest BCUT2D eigenvalue weighted by atomic mass is 33.1. The fraction of sp³-hybridized carbons (Fsp3) is 0.750. The minimum absolute atomic E-state index is 0.281. The molecule has 0 aliphatic heterocycles. The van der Waals surface area contributed by atoms with Crippen LogP contribution in [0.4, 0.5) is 0 Å². The van der Waals surface area contributed by atoms with Crippen molar-refractivity contribution in [2.75, 3.05) is 24.7 Å². The summed E-state index contributed by atoms with van der Waals surface area (Å²) in [5.41, 5.74) is 0. The van der Waals surface area contributed by atoms with Gasteiger partial charge in [-0.1, -0.05) is 35.4 Å². The van der Waals surface area contributed by atoms with Crippen LogP contribution in [0.5, 0.6) is 0 Å². The molecule has 0 radical (unpaired) electrons. The fourth-order valence-corrected chi connectivity index (χ4v) is 3.96. The number of carbonyl (C=O) groups is 4. The number of esters is 2. The van der Waals surface area contributed by atoms with Gasteiger partial charge in [-0.3, -0.25) is 9.59 Å². The Morgan fingerprint density at radius 3 is 1.38 bits per heavy atom. The fourth-order valence-electron chi connectivity index (χ4n) is 1.67. The Morgan fingerprint density at radius 1 is 0.769 bits per heavy atom. The van der Waals surface area contributed by atoms with Gasteiger partial charge in [0.2, 0.25) is 11.8 Å². The molecule has 0 aromatic carbocycles. The van der Waals surface area contributed by atoms with Crippen molar-refractivity contribution >= 4 is 45.3 Å². The second kappa shape index (κ2) is 14.7. The summed E-state index contributed by atoms with van der Waals surface area (Å²) in [4.78, 5) is 46.4. The summed E-state index contributed by atoms with van der Waals surface area (Å²) in [5.74, 6) is -1.07. The lowest BCUT2D eigenvalue weighted by molar-refractivity contribution is -0.147. The molecule has 0 aromatic rings. The molecule has 0 saturated carbocycles. The third-order valence-electron chi connectivity index (χ3n) is 2.77. The maximum atomic E-state index is 11.9. The molecule has 26 heavy (non-hydrogen) atoms. The standard InChI is InChI=1S/C16H28N2O6S2/c1-5-7-23-15(21)13(17-11(3)19)9-25-26-10-14(18-12(4)20)16(22)24-8-6-2/h13-14H,5-10H2,1-4H3,(H,17,19)(H,18,20). The Kier molecular flexibility index (Phi) is 13.9. The summed E-state index contributed by atoms with van der Waals surface area (Å²) in [6.45, 7) is 7.00. The molecule has 0 aromatic heterocycles. The maximum absolute atomic E-state index is 11.9. The molecule has 0 heterocycles. The lowest BCUT2D eigenvalue weighted by Crippen LogP contribution is -2.43. The van der Waals surface area contributed by atoms with Crippen LogP contribution in [0.25, 0.3) is 0 Å². The van der Waals surface area contributed by atoms with E-state index in [1.807, 2.05) is 13.8 Å². The van der Waals surface area contributed by atoms with Crippen molar-refractivity contribution in [1.82, 2.24) is 10.6 Å². The molecule has 150 valence electrons. The summed E-state index contributed by atoms with van der Waals surface area (Å²) < 4.78 is 10.1. The van der Waals surface area contributed by atoms with Crippen molar-refractivity contribution < 1.29 is 28.7 Å². The molecule has 2 N–H and O–H groups in total. The molecular weight excluding hydrogens is 380 g/mol. The van der Waals surface area contributed by atoms with E-state index in [1.165, 1.54) is 35.4 Å². The van der Waals surface area contributed by atoms with E-state index in [-0.39, 0.29) is 23.3 Å². The number of ether oxygens (including phenoxy) is 2. The van der Waals surface area contributed by atoms with Crippen LogP contribution in [0, 0.1) is 0 Å². The number of carbonyl (C=O) groups excluding carboxylic acids is 4. The first-order valence-electron chi connectivity index (χ1n) is 8.43. The molecule has 0 rings (SSSR count). The van der Waals surface area contributed by atoms with Gasteiger partial charge >= 0.3 is 11.9 Å². The Bertz CT molecular complexity index is 434. The lowest BCUT2D eigenvalue weighted by Gasteiger charge is -2.18. The third kappa shape index (κ3) is 12.0. The smallest absolute Gasteiger partial charge is 0.329 e.